The molecule has 0 saturated heterocycles. The van der Waals surface area contributed by atoms with Gasteiger partial charge in [-0.15, -0.1) is 0 Å². The fourth-order valence-electron chi connectivity index (χ4n) is 3.80. The number of carboxylic acid groups (broad SMARTS) is 1. The smallest absolute Gasteiger partial charge is 0.335 e. The minimum absolute atomic E-state index is 0.00706. The van der Waals surface area contributed by atoms with E-state index in [2.05, 4.69) is 10.1 Å². The molecule has 6 heteroatoms. The second kappa shape index (κ2) is 7.37. The van der Waals surface area contributed by atoms with Crippen molar-refractivity contribution in [3.8, 4) is 22.3 Å². The van der Waals surface area contributed by atoms with E-state index in [0.29, 0.717) is 27.6 Å². The molecule has 2 heterocycles. The predicted molar refractivity (Wildman–Crippen MR) is 115 cm³/mol. The van der Waals surface area contributed by atoms with E-state index >= 15 is 0 Å². The number of aromatic nitrogens is 3. The van der Waals surface area contributed by atoms with E-state index in [-0.39, 0.29) is 11.5 Å². The molecule has 5 nitrogen and oxygen atoms in total. The quantitative estimate of drug-likeness (QED) is 0.484. The van der Waals surface area contributed by atoms with E-state index in [1.54, 1.807) is 29.1 Å². The highest BCUT2D eigenvalue weighted by molar-refractivity contribution is 5.98. The Hall–Kier alpha value is -3.54. The largest absolute Gasteiger partial charge is 0.478 e. The lowest BCUT2D eigenvalue weighted by molar-refractivity contribution is 0.0695. The standard InChI is InChI=1S/C24H22FN3O2/c1-13(2)19-9-16(6-7-17(19)24(29)30)23-18-8-5-15(10-22(18)26-12-21(23)25)20-11-27-28(4)14(20)3/h5-13H,1-4H3,(H,29,30). The summed E-state index contributed by atoms with van der Waals surface area (Å²) in [4.78, 5) is 15.9. The number of halogens is 1. The van der Waals surface area contributed by atoms with Gasteiger partial charge < -0.3 is 5.11 Å². The monoisotopic (exact) mass is 403 g/mol. The summed E-state index contributed by atoms with van der Waals surface area (Å²) in [5.41, 5.74) is 5.63. The summed E-state index contributed by atoms with van der Waals surface area (Å²) < 4.78 is 16.7. The van der Waals surface area contributed by atoms with E-state index < -0.39 is 11.8 Å². The summed E-state index contributed by atoms with van der Waals surface area (Å²) in [5.74, 6) is -1.43. The van der Waals surface area contributed by atoms with E-state index in [1.807, 2.05) is 46.0 Å². The molecule has 0 atom stereocenters. The van der Waals surface area contributed by atoms with Gasteiger partial charge in [0.25, 0.3) is 0 Å². The zero-order valence-electron chi connectivity index (χ0n) is 17.3. The van der Waals surface area contributed by atoms with Crippen LogP contribution < -0.4 is 0 Å². The molecule has 0 aliphatic rings. The van der Waals surface area contributed by atoms with Gasteiger partial charge in [-0.3, -0.25) is 9.67 Å². The number of hydrogen-bond acceptors (Lipinski definition) is 3. The van der Waals surface area contributed by atoms with Gasteiger partial charge in [0.1, 0.15) is 5.82 Å². The Labute approximate surface area is 173 Å². The number of carboxylic acids is 1. The van der Waals surface area contributed by atoms with Crippen LogP contribution >= 0.6 is 0 Å². The van der Waals surface area contributed by atoms with E-state index in [0.717, 1.165) is 16.8 Å². The third-order valence-corrected chi connectivity index (χ3v) is 5.56. The SMILES string of the molecule is Cc1c(-c2ccc3c(-c4ccc(C(=O)O)c(C(C)C)c4)c(F)cnc3c2)cnn1C. The van der Waals surface area contributed by atoms with Crippen LogP contribution in [0.15, 0.2) is 48.8 Å². The lowest BCUT2D eigenvalue weighted by Crippen LogP contribution is -2.04. The lowest BCUT2D eigenvalue weighted by atomic mass is 9.91. The molecule has 2 aromatic heterocycles. The molecule has 2 aromatic carbocycles. The molecule has 4 rings (SSSR count). The Morgan fingerprint density at radius 2 is 1.83 bits per heavy atom. The normalized spacial score (nSPS) is 11.4. The van der Waals surface area contributed by atoms with Crippen LogP contribution in [0.1, 0.15) is 41.4 Å². The first-order valence-electron chi connectivity index (χ1n) is 9.72. The molecule has 1 N–H and O–H groups in total. The van der Waals surface area contributed by atoms with Gasteiger partial charge in [-0.05, 0) is 47.7 Å². The summed E-state index contributed by atoms with van der Waals surface area (Å²) in [5, 5.41) is 14.4. The molecule has 0 aliphatic heterocycles. The molecular weight excluding hydrogens is 381 g/mol. The van der Waals surface area contributed by atoms with E-state index in [4.69, 9.17) is 0 Å². The van der Waals surface area contributed by atoms with Crippen LogP contribution in [0.5, 0.6) is 0 Å². The maximum absolute atomic E-state index is 14.9. The minimum Gasteiger partial charge on any atom is -0.478 e. The summed E-state index contributed by atoms with van der Waals surface area (Å²) in [6.45, 7) is 5.84. The average Bonchev–Trinajstić information content (AvgIpc) is 3.05. The Bertz CT molecular complexity index is 1290. The maximum atomic E-state index is 14.9. The molecule has 0 spiro atoms. The zero-order valence-corrected chi connectivity index (χ0v) is 17.3. The predicted octanol–water partition coefficient (Wildman–Crippen LogP) is 5.57. The molecule has 0 amide bonds. The Balaban J connectivity index is 1.91. The van der Waals surface area contributed by atoms with Gasteiger partial charge in [0.05, 0.1) is 23.5 Å². The molecular formula is C24H22FN3O2. The Kier molecular flexibility index (Phi) is 4.86. The van der Waals surface area contributed by atoms with Gasteiger partial charge in [-0.1, -0.05) is 32.0 Å². The Morgan fingerprint density at radius 3 is 2.47 bits per heavy atom. The van der Waals surface area contributed by atoms with Crippen molar-refractivity contribution in [2.75, 3.05) is 0 Å². The van der Waals surface area contributed by atoms with Gasteiger partial charge in [0, 0.05) is 29.3 Å². The van der Waals surface area contributed by atoms with E-state index in [1.165, 1.54) is 6.20 Å². The fourth-order valence-corrected chi connectivity index (χ4v) is 3.80. The van der Waals surface area contributed by atoms with Crippen LogP contribution in [0.25, 0.3) is 33.2 Å². The van der Waals surface area contributed by atoms with Crippen LogP contribution in [0, 0.1) is 12.7 Å². The van der Waals surface area contributed by atoms with Crippen molar-refractivity contribution < 1.29 is 14.3 Å². The van der Waals surface area contributed by atoms with Gasteiger partial charge in [0.2, 0.25) is 0 Å². The molecule has 0 saturated carbocycles. The molecule has 0 aliphatic carbocycles. The van der Waals surface area contributed by atoms with Crippen molar-refractivity contribution >= 4 is 16.9 Å². The highest BCUT2D eigenvalue weighted by atomic mass is 19.1. The van der Waals surface area contributed by atoms with Crippen molar-refractivity contribution in [3.05, 3.63) is 71.4 Å². The summed E-state index contributed by atoms with van der Waals surface area (Å²) >= 11 is 0. The number of pyridine rings is 1. The number of aryl methyl sites for hydroxylation is 1. The molecule has 152 valence electrons. The van der Waals surface area contributed by atoms with Crippen molar-refractivity contribution in [1.82, 2.24) is 14.8 Å². The summed E-state index contributed by atoms with van der Waals surface area (Å²) in [7, 11) is 1.89. The van der Waals surface area contributed by atoms with Crippen molar-refractivity contribution in [2.45, 2.75) is 26.7 Å². The molecule has 0 unspecified atom stereocenters. The molecule has 0 bridgehead atoms. The number of rotatable bonds is 4. The summed E-state index contributed by atoms with van der Waals surface area (Å²) in [6.07, 6.45) is 3.03. The maximum Gasteiger partial charge on any atom is 0.335 e. The minimum atomic E-state index is -0.984. The van der Waals surface area contributed by atoms with Crippen LogP contribution in [0.3, 0.4) is 0 Å². The number of carbonyl (C=O) groups is 1. The van der Waals surface area contributed by atoms with Crippen LogP contribution in [-0.2, 0) is 7.05 Å². The molecule has 0 fully saturated rings. The van der Waals surface area contributed by atoms with Crippen LogP contribution in [0.2, 0.25) is 0 Å². The first kappa shape index (κ1) is 19.8. The third kappa shape index (κ3) is 3.24. The highest BCUT2D eigenvalue weighted by Crippen LogP contribution is 2.35. The third-order valence-electron chi connectivity index (χ3n) is 5.56. The molecule has 30 heavy (non-hydrogen) atoms. The van der Waals surface area contributed by atoms with Crippen LogP contribution in [0.4, 0.5) is 4.39 Å². The lowest BCUT2D eigenvalue weighted by Gasteiger charge is -2.14. The fraction of sp³-hybridized carbons (Fsp3) is 0.208. The first-order valence-corrected chi connectivity index (χ1v) is 9.72. The Morgan fingerprint density at radius 1 is 1.10 bits per heavy atom. The highest BCUT2D eigenvalue weighted by Gasteiger charge is 2.18. The average molecular weight is 403 g/mol. The van der Waals surface area contributed by atoms with Crippen molar-refractivity contribution in [3.63, 3.8) is 0 Å². The van der Waals surface area contributed by atoms with Crippen molar-refractivity contribution in [1.29, 1.82) is 0 Å². The topological polar surface area (TPSA) is 68.0 Å². The zero-order chi connectivity index (χ0) is 21.6. The summed E-state index contributed by atoms with van der Waals surface area (Å²) in [6, 6.07) is 10.7. The second-order valence-electron chi connectivity index (χ2n) is 7.74. The van der Waals surface area contributed by atoms with Gasteiger partial charge in [-0.2, -0.15) is 5.10 Å². The number of fused-ring (bicyclic) bond motifs is 1. The second-order valence-corrected chi connectivity index (χ2v) is 7.74. The first-order chi connectivity index (χ1) is 14.3. The van der Waals surface area contributed by atoms with E-state index in [9.17, 15) is 14.3 Å². The van der Waals surface area contributed by atoms with Gasteiger partial charge in [-0.25, -0.2) is 9.18 Å². The molecule has 0 radical (unpaired) electrons. The van der Waals surface area contributed by atoms with Crippen molar-refractivity contribution in [2.24, 2.45) is 7.05 Å². The van der Waals surface area contributed by atoms with Crippen LogP contribution in [-0.4, -0.2) is 25.8 Å². The number of nitrogens with zero attached hydrogens (tertiary/aromatic N) is 3. The van der Waals surface area contributed by atoms with Gasteiger partial charge >= 0.3 is 5.97 Å². The molecule has 4 aromatic rings. The number of hydrogen-bond donors (Lipinski definition) is 1. The van der Waals surface area contributed by atoms with Gasteiger partial charge in [0.15, 0.2) is 0 Å². The number of aromatic carboxylic acids is 1. The number of benzene rings is 2.